The molecule has 7 heteroatoms. The number of benzene rings is 1. The SMILES string of the molecule is Cc1ccc(Cn2cccc(NC(=O)N3CCC(C(=O)O)CC3)c2=O)cc1. The fourth-order valence-electron chi connectivity index (χ4n) is 3.17. The molecule has 3 rings (SSSR count). The fraction of sp³-hybridized carbons (Fsp3) is 0.350. The average molecular weight is 369 g/mol. The number of nitrogens with zero attached hydrogens (tertiary/aromatic N) is 2. The normalized spacial score (nSPS) is 14.8. The van der Waals surface area contributed by atoms with Gasteiger partial charge in [0.1, 0.15) is 5.69 Å². The van der Waals surface area contributed by atoms with E-state index in [1.165, 1.54) is 0 Å². The number of likely N-dealkylation sites (tertiary alicyclic amines) is 1. The van der Waals surface area contributed by atoms with Gasteiger partial charge in [0.2, 0.25) is 0 Å². The van der Waals surface area contributed by atoms with Gasteiger partial charge in [-0.25, -0.2) is 4.79 Å². The second kappa shape index (κ2) is 8.07. The monoisotopic (exact) mass is 369 g/mol. The zero-order chi connectivity index (χ0) is 19.4. The molecule has 1 aromatic carbocycles. The zero-order valence-electron chi connectivity index (χ0n) is 15.2. The van der Waals surface area contributed by atoms with E-state index in [9.17, 15) is 14.4 Å². The molecule has 0 atom stereocenters. The van der Waals surface area contributed by atoms with Crippen LogP contribution in [0.5, 0.6) is 0 Å². The molecule has 2 N–H and O–H groups in total. The minimum atomic E-state index is -0.822. The van der Waals surface area contributed by atoms with Crippen LogP contribution >= 0.6 is 0 Å². The summed E-state index contributed by atoms with van der Waals surface area (Å²) in [5.41, 5.74) is 2.10. The lowest BCUT2D eigenvalue weighted by atomic mass is 9.97. The number of piperidine rings is 1. The molecule has 1 fully saturated rings. The number of rotatable bonds is 4. The Bertz CT molecular complexity index is 881. The lowest BCUT2D eigenvalue weighted by Crippen LogP contribution is -2.43. The van der Waals surface area contributed by atoms with Crippen molar-refractivity contribution >= 4 is 17.7 Å². The maximum absolute atomic E-state index is 12.7. The Morgan fingerprint density at radius 3 is 2.44 bits per heavy atom. The summed E-state index contributed by atoms with van der Waals surface area (Å²) in [4.78, 5) is 37.6. The van der Waals surface area contributed by atoms with Crippen molar-refractivity contribution in [3.05, 3.63) is 64.1 Å². The average Bonchev–Trinajstić information content (AvgIpc) is 2.66. The second-order valence-electron chi connectivity index (χ2n) is 6.87. The number of nitrogens with one attached hydrogen (secondary N) is 1. The van der Waals surface area contributed by atoms with Crippen molar-refractivity contribution in [3.8, 4) is 0 Å². The lowest BCUT2D eigenvalue weighted by Gasteiger charge is -2.30. The first-order valence-electron chi connectivity index (χ1n) is 8.98. The largest absolute Gasteiger partial charge is 0.481 e. The number of aliphatic carboxylic acids is 1. The van der Waals surface area contributed by atoms with Crippen molar-refractivity contribution in [2.45, 2.75) is 26.3 Å². The van der Waals surface area contributed by atoms with Gasteiger partial charge in [0, 0.05) is 19.3 Å². The van der Waals surface area contributed by atoms with Gasteiger partial charge in [0.25, 0.3) is 5.56 Å². The first kappa shape index (κ1) is 18.7. The van der Waals surface area contributed by atoms with Crippen molar-refractivity contribution in [2.24, 2.45) is 5.92 Å². The third-order valence-electron chi connectivity index (χ3n) is 4.87. The number of carbonyl (C=O) groups is 2. The summed E-state index contributed by atoms with van der Waals surface area (Å²) in [5, 5.41) is 11.7. The minimum Gasteiger partial charge on any atom is -0.481 e. The Kier molecular flexibility index (Phi) is 5.59. The van der Waals surface area contributed by atoms with Crippen molar-refractivity contribution in [3.63, 3.8) is 0 Å². The molecule has 2 heterocycles. The molecule has 142 valence electrons. The number of anilines is 1. The molecule has 0 aliphatic carbocycles. The quantitative estimate of drug-likeness (QED) is 0.866. The van der Waals surface area contributed by atoms with Crippen LogP contribution < -0.4 is 10.9 Å². The van der Waals surface area contributed by atoms with Crippen LogP contribution in [0.15, 0.2) is 47.4 Å². The van der Waals surface area contributed by atoms with Gasteiger partial charge in [-0.05, 0) is 37.5 Å². The molecule has 27 heavy (non-hydrogen) atoms. The van der Waals surface area contributed by atoms with Gasteiger partial charge < -0.3 is 19.9 Å². The Balaban J connectivity index is 1.67. The van der Waals surface area contributed by atoms with Gasteiger partial charge in [0.15, 0.2) is 0 Å². The third kappa shape index (κ3) is 4.55. The number of carboxylic acids is 1. The molecule has 2 aromatic rings. The zero-order valence-corrected chi connectivity index (χ0v) is 15.2. The van der Waals surface area contributed by atoms with Crippen LogP contribution in [0.4, 0.5) is 10.5 Å². The number of carboxylic acid groups (broad SMARTS) is 1. The van der Waals surface area contributed by atoms with Crippen molar-refractivity contribution in [1.29, 1.82) is 0 Å². The molecule has 1 aromatic heterocycles. The number of urea groups is 1. The van der Waals surface area contributed by atoms with E-state index >= 15 is 0 Å². The van der Waals surface area contributed by atoms with Crippen LogP contribution in [0.2, 0.25) is 0 Å². The highest BCUT2D eigenvalue weighted by Crippen LogP contribution is 2.18. The first-order valence-corrected chi connectivity index (χ1v) is 8.98. The smallest absolute Gasteiger partial charge is 0.321 e. The predicted octanol–water partition coefficient (Wildman–Crippen LogP) is 2.53. The van der Waals surface area contributed by atoms with Crippen LogP contribution in [0.1, 0.15) is 24.0 Å². The van der Waals surface area contributed by atoms with E-state index in [1.807, 2.05) is 31.2 Å². The first-order chi connectivity index (χ1) is 12.9. The molecule has 0 radical (unpaired) electrons. The number of aryl methyl sites for hydroxylation is 1. The van der Waals surface area contributed by atoms with Gasteiger partial charge in [-0.2, -0.15) is 0 Å². The molecule has 1 saturated heterocycles. The topological polar surface area (TPSA) is 91.6 Å². The van der Waals surface area contributed by atoms with Crippen LogP contribution in [0, 0.1) is 12.8 Å². The standard InChI is InChI=1S/C20H23N3O4/c1-14-4-6-15(7-5-14)13-23-10-2-3-17(18(23)24)21-20(27)22-11-8-16(9-12-22)19(25)26/h2-7,10,16H,8-9,11-13H2,1H3,(H,21,27)(H,25,26). The summed E-state index contributed by atoms with van der Waals surface area (Å²) in [5.74, 6) is -1.23. The molecule has 0 unspecified atom stereocenters. The lowest BCUT2D eigenvalue weighted by molar-refractivity contribution is -0.143. The van der Waals surface area contributed by atoms with Crippen molar-refractivity contribution in [1.82, 2.24) is 9.47 Å². The highest BCUT2D eigenvalue weighted by atomic mass is 16.4. The number of aromatic nitrogens is 1. The summed E-state index contributed by atoms with van der Waals surface area (Å²) < 4.78 is 1.55. The molecule has 0 bridgehead atoms. The summed E-state index contributed by atoms with van der Waals surface area (Å²) >= 11 is 0. The highest BCUT2D eigenvalue weighted by molar-refractivity contribution is 5.89. The van der Waals surface area contributed by atoms with E-state index in [4.69, 9.17) is 5.11 Å². The van der Waals surface area contributed by atoms with Crippen LogP contribution in [0.3, 0.4) is 0 Å². The van der Waals surface area contributed by atoms with E-state index in [2.05, 4.69) is 5.32 Å². The molecule has 0 saturated carbocycles. The number of amides is 2. The molecule has 2 amide bonds. The Hall–Kier alpha value is -3.09. The molecular formula is C20H23N3O4. The van der Waals surface area contributed by atoms with Crippen molar-refractivity contribution < 1.29 is 14.7 Å². The number of pyridine rings is 1. The second-order valence-corrected chi connectivity index (χ2v) is 6.87. The Labute approximate surface area is 157 Å². The van der Waals surface area contributed by atoms with Crippen molar-refractivity contribution in [2.75, 3.05) is 18.4 Å². The highest BCUT2D eigenvalue weighted by Gasteiger charge is 2.27. The minimum absolute atomic E-state index is 0.218. The summed E-state index contributed by atoms with van der Waals surface area (Å²) in [6.45, 7) is 3.17. The molecule has 1 aliphatic heterocycles. The molecular weight excluding hydrogens is 346 g/mol. The van der Waals surface area contributed by atoms with E-state index in [0.29, 0.717) is 32.5 Å². The summed E-state index contributed by atoms with van der Waals surface area (Å²) in [7, 11) is 0. The van der Waals surface area contributed by atoms with Gasteiger partial charge in [-0.3, -0.25) is 9.59 Å². The third-order valence-corrected chi connectivity index (χ3v) is 4.87. The van der Waals surface area contributed by atoms with Gasteiger partial charge in [-0.1, -0.05) is 29.8 Å². The number of hydrogen-bond acceptors (Lipinski definition) is 3. The number of carbonyl (C=O) groups excluding carboxylic acids is 1. The van der Waals surface area contributed by atoms with E-state index in [1.54, 1.807) is 27.8 Å². The maximum Gasteiger partial charge on any atom is 0.321 e. The van der Waals surface area contributed by atoms with Gasteiger partial charge in [-0.15, -0.1) is 0 Å². The predicted molar refractivity (Wildman–Crippen MR) is 102 cm³/mol. The molecule has 1 aliphatic rings. The van der Waals surface area contributed by atoms with Crippen LogP contribution in [-0.4, -0.2) is 39.7 Å². The maximum atomic E-state index is 12.7. The van der Waals surface area contributed by atoms with E-state index in [0.717, 1.165) is 11.1 Å². The van der Waals surface area contributed by atoms with Crippen LogP contribution in [-0.2, 0) is 11.3 Å². The summed E-state index contributed by atoms with van der Waals surface area (Å²) in [6.07, 6.45) is 2.54. The van der Waals surface area contributed by atoms with E-state index in [-0.39, 0.29) is 17.3 Å². The molecule has 0 spiro atoms. The molecule has 7 nitrogen and oxygen atoms in total. The van der Waals surface area contributed by atoms with Gasteiger partial charge >= 0.3 is 12.0 Å². The fourth-order valence-corrected chi connectivity index (χ4v) is 3.17. The number of hydrogen-bond donors (Lipinski definition) is 2. The summed E-state index contributed by atoms with van der Waals surface area (Å²) in [6, 6.07) is 10.9. The van der Waals surface area contributed by atoms with Gasteiger partial charge in [0.05, 0.1) is 12.5 Å². The Morgan fingerprint density at radius 2 is 1.81 bits per heavy atom. The Morgan fingerprint density at radius 1 is 1.15 bits per heavy atom. The van der Waals surface area contributed by atoms with E-state index < -0.39 is 11.9 Å². The van der Waals surface area contributed by atoms with Crippen LogP contribution in [0.25, 0.3) is 0 Å².